The van der Waals surface area contributed by atoms with Crippen LogP contribution >= 0.6 is 0 Å². The van der Waals surface area contributed by atoms with E-state index in [1.165, 1.54) is 6.42 Å². The summed E-state index contributed by atoms with van der Waals surface area (Å²) in [5.41, 5.74) is 0. The van der Waals surface area contributed by atoms with E-state index in [0.29, 0.717) is 18.9 Å². The van der Waals surface area contributed by atoms with Crippen molar-refractivity contribution in [1.82, 2.24) is 10.2 Å². The third-order valence-corrected chi connectivity index (χ3v) is 6.26. The maximum atomic E-state index is 12.5. The first-order chi connectivity index (χ1) is 9.68. The number of anilines is 1. The van der Waals surface area contributed by atoms with Gasteiger partial charge in [-0.15, -0.1) is 0 Å². The Labute approximate surface area is 119 Å². The van der Waals surface area contributed by atoms with Crippen molar-refractivity contribution in [1.29, 1.82) is 0 Å². The zero-order valence-corrected chi connectivity index (χ0v) is 12.4. The van der Waals surface area contributed by atoms with Gasteiger partial charge in [-0.2, -0.15) is 0 Å². The van der Waals surface area contributed by atoms with Gasteiger partial charge in [-0.1, -0.05) is 29.5 Å². The summed E-state index contributed by atoms with van der Waals surface area (Å²) in [6.45, 7) is 1.73. The molecule has 1 saturated carbocycles. The second-order valence-electron chi connectivity index (χ2n) is 5.70. The molecule has 1 aromatic rings. The first-order valence-electron chi connectivity index (χ1n) is 7.50. The summed E-state index contributed by atoms with van der Waals surface area (Å²) < 4.78 is 30.4. The molecule has 0 atom stereocenters. The molecule has 1 aliphatic heterocycles. The van der Waals surface area contributed by atoms with Crippen molar-refractivity contribution in [2.75, 3.05) is 18.0 Å². The molecule has 2 aliphatic rings. The highest BCUT2D eigenvalue weighted by atomic mass is 32.2. The average Bonchev–Trinajstić information content (AvgIpc) is 3.00. The zero-order chi connectivity index (χ0) is 14.0. The second-order valence-corrected chi connectivity index (χ2v) is 7.81. The molecule has 0 spiro atoms. The van der Waals surface area contributed by atoms with Crippen molar-refractivity contribution in [3.8, 4) is 0 Å². The lowest BCUT2D eigenvalue weighted by Gasteiger charge is -2.24. The largest absolute Gasteiger partial charge is 0.394 e. The van der Waals surface area contributed by atoms with Crippen molar-refractivity contribution in [3.05, 3.63) is 0 Å². The van der Waals surface area contributed by atoms with Crippen molar-refractivity contribution < 1.29 is 12.8 Å². The summed E-state index contributed by atoms with van der Waals surface area (Å²) in [7, 11) is -3.45. The molecule has 1 aliphatic carbocycles. The van der Waals surface area contributed by atoms with Crippen LogP contribution in [0, 0.1) is 0 Å². The smallest absolute Gasteiger partial charge is 0.337 e. The molecule has 112 valence electrons. The highest BCUT2D eigenvalue weighted by Gasteiger charge is 2.34. The number of rotatable bonds is 3. The monoisotopic (exact) mass is 299 g/mol. The lowest BCUT2D eigenvalue weighted by Crippen LogP contribution is -2.29. The lowest BCUT2D eigenvalue weighted by atomic mass is 10.0. The van der Waals surface area contributed by atoms with Crippen LogP contribution in [0.5, 0.6) is 0 Å². The third-order valence-electron chi connectivity index (χ3n) is 4.26. The molecule has 0 amide bonds. The Hall–Kier alpha value is -1.11. The molecule has 2 heterocycles. The predicted molar refractivity (Wildman–Crippen MR) is 74.4 cm³/mol. The molecule has 0 aromatic carbocycles. The van der Waals surface area contributed by atoms with E-state index >= 15 is 0 Å². The summed E-state index contributed by atoms with van der Waals surface area (Å²) in [4.78, 5) is 1.98. The molecular weight excluding hydrogens is 278 g/mol. The predicted octanol–water partition coefficient (Wildman–Crippen LogP) is 2.17. The van der Waals surface area contributed by atoms with Crippen LogP contribution in [0.3, 0.4) is 0 Å². The molecule has 20 heavy (non-hydrogen) atoms. The van der Waals surface area contributed by atoms with Crippen molar-refractivity contribution in [2.24, 2.45) is 0 Å². The van der Waals surface area contributed by atoms with Gasteiger partial charge in [0.15, 0.2) is 0 Å². The molecular formula is C13H21N3O3S. The van der Waals surface area contributed by atoms with Crippen LogP contribution in [-0.4, -0.2) is 37.0 Å². The van der Waals surface area contributed by atoms with Crippen LogP contribution in [0.25, 0.3) is 0 Å². The fourth-order valence-corrected chi connectivity index (χ4v) is 4.63. The van der Waals surface area contributed by atoms with Crippen LogP contribution in [-0.2, 0) is 9.84 Å². The van der Waals surface area contributed by atoms with E-state index in [2.05, 4.69) is 10.2 Å². The highest BCUT2D eigenvalue weighted by Crippen LogP contribution is 2.29. The number of nitrogens with zero attached hydrogens (tertiary/aromatic N) is 3. The minimum atomic E-state index is -3.45. The Morgan fingerprint density at radius 2 is 1.60 bits per heavy atom. The van der Waals surface area contributed by atoms with Gasteiger partial charge in [0, 0.05) is 13.1 Å². The molecule has 2 fully saturated rings. The summed E-state index contributed by atoms with van der Waals surface area (Å²) in [6.07, 6.45) is 7.87. The van der Waals surface area contributed by atoms with E-state index in [0.717, 1.165) is 45.2 Å². The van der Waals surface area contributed by atoms with Gasteiger partial charge in [0.2, 0.25) is 9.84 Å². The van der Waals surface area contributed by atoms with Gasteiger partial charge >= 0.3 is 11.2 Å². The van der Waals surface area contributed by atoms with Gasteiger partial charge in [0.25, 0.3) is 0 Å². The maximum Gasteiger partial charge on any atom is 0.337 e. The first kappa shape index (κ1) is 13.9. The number of sulfone groups is 1. The minimum Gasteiger partial charge on any atom is -0.394 e. The summed E-state index contributed by atoms with van der Waals surface area (Å²) >= 11 is 0. The topological polar surface area (TPSA) is 76.3 Å². The van der Waals surface area contributed by atoms with E-state index in [1.807, 2.05) is 4.90 Å². The second kappa shape index (κ2) is 5.71. The fraction of sp³-hybridized carbons (Fsp3) is 0.846. The summed E-state index contributed by atoms with van der Waals surface area (Å²) in [6, 6.07) is 0.360. The number of hydrogen-bond acceptors (Lipinski definition) is 6. The van der Waals surface area contributed by atoms with Crippen LogP contribution in [0.4, 0.5) is 6.01 Å². The molecule has 7 heteroatoms. The van der Waals surface area contributed by atoms with Gasteiger partial charge in [0.1, 0.15) is 0 Å². The number of aromatic nitrogens is 2. The normalized spacial score (nSPS) is 22.1. The van der Waals surface area contributed by atoms with Crippen LogP contribution < -0.4 is 4.90 Å². The molecule has 0 N–H and O–H groups in total. The zero-order valence-electron chi connectivity index (χ0n) is 11.6. The molecule has 1 saturated heterocycles. The molecule has 0 bridgehead atoms. The van der Waals surface area contributed by atoms with E-state index in [-0.39, 0.29) is 10.5 Å². The minimum absolute atomic E-state index is 0.190. The Bertz CT molecular complexity index is 543. The van der Waals surface area contributed by atoms with Gasteiger partial charge in [-0.3, -0.25) is 0 Å². The van der Waals surface area contributed by atoms with Crippen molar-refractivity contribution >= 4 is 15.9 Å². The van der Waals surface area contributed by atoms with E-state index in [9.17, 15) is 8.42 Å². The Kier molecular flexibility index (Phi) is 3.96. The van der Waals surface area contributed by atoms with Crippen LogP contribution in [0.1, 0.15) is 51.4 Å². The first-order valence-corrected chi connectivity index (χ1v) is 9.05. The van der Waals surface area contributed by atoms with Crippen molar-refractivity contribution in [3.63, 3.8) is 0 Å². The SMILES string of the molecule is O=S(=O)(c1nnc(N2CCCCC2)o1)C1CCCCC1. The fourth-order valence-electron chi connectivity index (χ4n) is 3.05. The van der Waals surface area contributed by atoms with Gasteiger partial charge in [0.05, 0.1) is 5.25 Å². The number of piperidine rings is 1. The quantitative estimate of drug-likeness (QED) is 0.851. The van der Waals surface area contributed by atoms with Crippen LogP contribution in [0.15, 0.2) is 9.64 Å². The average molecular weight is 299 g/mol. The maximum absolute atomic E-state index is 12.5. The van der Waals surface area contributed by atoms with Crippen LogP contribution in [0.2, 0.25) is 0 Å². The number of hydrogen-bond donors (Lipinski definition) is 0. The molecule has 0 radical (unpaired) electrons. The van der Waals surface area contributed by atoms with Gasteiger partial charge in [-0.25, -0.2) is 8.42 Å². The Morgan fingerprint density at radius 1 is 0.950 bits per heavy atom. The lowest BCUT2D eigenvalue weighted by molar-refractivity contribution is 0.404. The molecule has 1 aromatic heterocycles. The van der Waals surface area contributed by atoms with E-state index in [1.54, 1.807) is 0 Å². The van der Waals surface area contributed by atoms with E-state index in [4.69, 9.17) is 4.42 Å². The summed E-state index contributed by atoms with van der Waals surface area (Å²) in [5, 5.41) is 7.19. The molecule has 0 unspecified atom stereocenters. The molecule has 6 nitrogen and oxygen atoms in total. The van der Waals surface area contributed by atoms with Crippen molar-refractivity contribution in [2.45, 2.75) is 61.8 Å². The van der Waals surface area contributed by atoms with E-state index < -0.39 is 9.84 Å². The van der Waals surface area contributed by atoms with Gasteiger partial charge < -0.3 is 9.32 Å². The Morgan fingerprint density at radius 3 is 2.30 bits per heavy atom. The Balaban J connectivity index is 1.78. The third kappa shape index (κ3) is 2.68. The van der Waals surface area contributed by atoms with Gasteiger partial charge in [-0.05, 0) is 32.1 Å². The molecule has 3 rings (SSSR count). The summed E-state index contributed by atoms with van der Waals surface area (Å²) in [5.74, 6) is 0. The standard InChI is InChI=1S/C13H21N3O3S/c17-20(18,11-7-3-1-4-8-11)13-15-14-12(19-13)16-9-5-2-6-10-16/h11H,1-10H2. The highest BCUT2D eigenvalue weighted by molar-refractivity contribution is 7.91.